The summed E-state index contributed by atoms with van der Waals surface area (Å²) in [6, 6.07) is 0. The Labute approximate surface area is 71.7 Å². The van der Waals surface area contributed by atoms with Crippen molar-refractivity contribution in [2.45, 2.75) is 17.3 Å². The van der Waals surface area contributed by atoms with Crippen LogP contribution in [0.1, 0.15) is 13.3 Å². The minimum Gasteiger partial charge on any atom is -0.0857 e. The second-order valence-corrected chi connectivity index (χ2v) is 4.73. The van der Waals surface area contributed by atoms with Crippen LogP contribution in [0.15, 0.2) is 0 Å². The number of halogens is 2. The molecule has 1 saturated carbocycles. The van der Waals surface area contributed by atoms with Gasteiger partial charge in [0.25, 0.3) is 0 Å². The SMILES string of the molecule is CC1(CI)CC1I. The van der Waals surface area contributed by atoms with E-state index in [9.17, 15) is 0 Å². The topological polar surface area (TPSA) is 0 Å². The van der Waals surface area contributed by atoms with Crippen LogP contribution in [0.5, 0.6) is 0 Å². The van der Waals surface area contributed by atoms with Crippen molar-refractivity contribution in [2.24, 2.45) is 5.41 Å². The third kappa shape index (κ3) is 1.23. The molecule has 1 aliphatic rings. The fourth-order valence-electron chi connectivity index (χ4n) is 0.489. The summed E-state index contributed by atoms with van der Waals surface area (Å²) in [4.78, 5) is 0. The summed E-state index contributed by atoms with van der Waals surface area (Å²) < 4.78 is 2.31. The van der Waals surface area contributed by atoms with Crippen LogP contribution in [0.4, 0.5) is 0 Å². The van der Waals surface area contributed by atoms with Crippen LogP contribution in [-0.2, 0) is 0 Å². The van der Waals surface area contributed by atoms with Crippen molar-refractivity contribution >= 4 is 45.2 Å². The van der Waals surface area contributed by atoms with Gasteiger partial charge in [-0.2, -0.15) is 0 Å². The quantitative estimate of drug-likeness (QED) is 0.514. The van der Waals surface area contributed by atoms with Crippen LogP contribution in [-0.4, -0.2) is 8.35 Å². The Bertz CT molecular complexity index is 78.1. The van der Waals surface area contributed by atoms with Crippen LogP contribution in [0, 0.1) is 5.41 Å². The smallest absolute Gasteiger partial charge is 0.0177 e. The Kier molecular flexibility index (Phi) is 1.88. The first-order valence-electron chi connectivity index (χ1n) is 2.39. The summed E-state index contributed by atoms with van der Waals surface area (Å²) in [6.45, 7) is 2.36. The lowest BCUT2D eigenvalue weighted by atomic mass is 10.2. The van der Waals surface area contributed by atoms with E-state index < -0.39 is 0 Å². The van der Waals surface area contributed by atoms with Gasteiger partial charge >= 0.3 is 0 Å². The predicted octanol–water partition coefficient (Wildman–Crippen LogP) is 2.64. The Balaban J connectivity index is 2.36. The van der Waals surface area contributed by atoms with Gasteiger partial charge in [0.1, 0.15) is 0 Å². The first-order chi connectivity index (χ1) is 3.19. The molecule has 1 aliphatic carbocycles. The van der Waals surface area contributed by atoms with E-state index in [1.807, 2.05) is 0 Å². The van der Waals surface area contributed by atoms with Crippen molar-refractivity contribution in [3.63, 3.8) is 0 Å². The predicted molar refractivity (Wildman–Crippen MR) is 49.4 cm³/mol. The summed E-state index contributed by atoms with van der Waals surface area (Å²) >= 11 is 5.00. The number of alkyl halides is 2. The first kappa shape index (κ1) is 6.58. The fraction of sp³-hybridized carbons (Fsp3) is 1.00. The molecule has 0 aromatic rings. The molecule has 0 bridgehead atoms. The van der Waals surface area contributed by atoms with E-state index in [1.54, 1.807) is 0 Å². The van der Waals surface area contributed by atoms with E-state index in [2.05, 4.69) is 52.1 Å². The van der Waals surface area contributed by atoms with Crippen LogP contribution < -0.4 is 0 Å². The fourth-order valence-corrected chi connectivity index (χ4v) is 3.40. The Morgan fingerprint density at radius 1 is 1.86 bits per heavy atom. The van der Waals surface area contributed by atoms with E-state index in [-0.39, 0.29) is 0 Å². The Morgan fingerprint density at radius 2 is 2.29 bits per heavy atom. The average Bonchev–Trinajstić information content (AvgIpc) is 2.18. The highest BCUT2D eigenvalue weighted by Gasteiger charge is 2.46. The van der Waals surface area contributed by atoms with Crippen molar-refractivity contribution in [2.75, 3.05) is 4.43 Å². The molecular weight excluding hydrogens is 314 g/mol. The van der Waals surface area contributed by atoms with Gasteiger partial charge in [-0.05, 0) is 11.8 Å². The molecule has 0 aromatic carbocycles. The molecule has 2 unspecified atom stereocenters. The highest BCUT2D eigenvalue weighted by Crippen LogP contribution is 2.52. The second-order valence-electron chi connectivity index (χ2n) is 2.46. The van der Waals surface area contributed by atoms with Crippen molar-refractivity contribution in [1.29, 1.82) is 0 Å². The minimum absolute atomic E-state index is 0.723. The molecule has 2 atom stereocenters. The van der Waals surface area contributed by atoms with Crippen LogP contribution >= 0.6 is 45.2 Å². The van der Waals surface area contributed by atoms with Gasteiger partial charge in [-0.1, -0.05) is 52.1 Å². The molecule has 0 aliphatic heterocycles. The molecule has 0 amide bonds. The van der Waals surface area contributed by atoms with Gasteiger partial charge in [0, 0.05) is 8.35 Å². The Hall–Kier alpha value is 1.46. The highest BCUT2D eigenvalue weighted by molar-refractivity contribution is 14.1. The van der Waals surface area contributed by atoms with Crippen LogP contribution in [0.25, 0.3) is 0 Å². The number of hydrogen-bond donors (Lipinski definition) is 0. The highest BCUT2D eigenvalue weighted by atomic mass is 127. The van der Waals surface area contributed by atoms with Crippen LogP contribution in [0.2, 0.25) is 0 Å². The van der Waals surface area contributed by atoms with Gasteiger partial charge < -0.3 is 0 Å². The molecule has 0 heterocycles. The zero-order valence-corrected chi connectivity index (χ0v) is 8.56. The molecule has 0 nitrogen and oxygen atoms in total. The maximum absolute atomic E-state index is 2.53. The molecule has 0 N–H and O–H groups in total. The minimum atomic E-state index is 0.723. The largest absolute Gasteiger partial charge is 0.0857 e. The average molecular weight is 322 g/mol. The summed E-state index contributed by atoms with van der Waals surface area (Å²) in [5.41, 5.74) is 0.723. The zero-order valence-electron chi connectivity index (χ0n) is 4.25. The summed E-state index contributed by atoms with van der Waals surface area (Å²) in [7, 11) is 0. The molecule has 0 saturated heterocycles. The van der Waals surface area contributed by atoms with E-state index in [0.29, 0.717) is 0 Å². The first-order valence-corrected chi connectivity index (χ1v) is 5.16. The van der Waals surface area contributed by atoms with Gasteiger partial charge in [-0.25, -0.2) is 0 Å². The number of hydrogen-bond acceptors (Lipinski definition) is 0. The van der Waals surface area contributed by atoms with E-state index in [0.717, 1.165) is 9.34 Å². The van der Waals surface area contributed by atoms with Crippen molar-refractivity contribution in [3.8, 4) is 0 Å². The van der Waals surface area contributed by atoms with Gasteiger partial charge in [-0.3, -0.25) is 0 Å². The molecule has 1 rings (SSSR count). The molecule has 0 spiro atoms. The molecule has 2 heteroatoms. The van der Waals surface area contributed by atoms with Gasteiger partial charge in [0.2, 0.25) is 0 Å². The second kappa shape index (κ2) is 2.01. The number of rotatable bonds is 1. The van der Waals surface area contributed by atoms with Crippen molar-refractivity contribution < 1.29 is 0 Å². The van der Waals surface area contributed by atoms with E-state index in [1.165, 1.54) is 10.8 Å². The summed E-state index contributed by atoms with van der Waals surface area (Å²) in [5.74, 6) is 0. The van der Waals surface area contributed by atoms with Gasteiger partial charge in [0.05, 0.1) is 0 Å². The van der Waals surface area contributed by atoms with Crippen LogP contribution in [0.3, 0.4) is 0 Å². The normalized spacial score (nSPS) is 49.3. The maximum Gasteiger partial charge on any atom is 0.0177 e. The zero-order chi connectivity index (χ0) is 5.49. The Morgan fingerprint density at radius 3 is 2.29 bits per heavy atom. The lowest BCUT2D eigenvalue weighted by Crippen LogP contribution is -1.96. The molecular formula is C5H8I2. The molecule has 0 aromatic heterocycles. The third-order valence-electron chi connectivity index (χ3n) is 1.55. The molecule has 7 heavy (non-hydrogen) atoms. The lowest BCUT2D eigenvalue weighted by Gasteiger charge is -1.98. The lowest BCUT2D eigenvalue weighted by molar-refractivity contribution is 0.688. The third-order valence-corrected chi connectivity index (χ3v) is 5.23. The molecule has 1 fully saturated rings. The summed E-state index contributed by atoms with van der Waals surface area (Å²) in [6.07, 6.45) is 1.44. The summed E-state index contributed by atoms with van der Waals surface area (Å²) in [5, 5.41) is 0. The van der Waals surface area contributed by atoms with E-state index >= 15 is 0 Å². The monoisotopic (exact) mass is 322 g/mol. The van der Waals surface area contributed by atoms with Crippen molar-refractivity contribution in [1.82, 2.24) is 0 Å². The van der Waals surface area contributed by atoms with Gasteiger partial charge in [-0.15, -0.1) is 0 Å². The molecule has 42 valence electrons. The van der Waals surface area contributed by atoms with E-state index in [4.69, 9.17) is 0 Å². The standard InChI is InChI=1S/C5H8I2/c1-5(3-6)2-4(5)7/h4H,2-3H2,1H3. The molecule has 0 radical (unpaired) electrons. The van der Waals surface area contributed by atoms with Gasteiger partial charge in [0.15, 0.2) is 0 Å². The van der Waals surface area contributed by atoms with Crippen molar-refractivity contribution in [3.05, 3.63) is 0 Å². The maximum atomic E-state index is 2.53.